The molecule has 2 aromatic carbocycles. The standard InChI is InChI=1S/C22H15ClN2O6/c23-15-7-3-14(4-8-15)20(26)18-19(13-5-9-16(10-6-13)25(29)30)24(22(28)21(18)27)12-17-2-1-11-31-17/h1-11,19,26H,12H2. The van der Waals surface area contributed by atoms with Gasteiger partial charge in [0.1, 0.15) is 11.5 Å². The average Bonchev–Trinajstić information content (AvgIpc) is 3.36. The van der Waals surface area contributed by atoms with Crippen molar-refractivity contribution in [3.05, 3.63) is 105 Å². The molecule has 0 spiro atoms. The second-order valence-corrected chi connectivity index (χ2v) is 7.30. The van der Waals surface area contributed by atoms with Crippen molar-refractivity contribution < 1.29 is 24.0 Å². The predicted molar refractivity (Wildman–Crippen MR) is 111 cm³/mol. The monoisotopic (exact) mass is 438 g/mol. The van der Waals surface area contributed by atoms with Crippen molar-refractivity contribution in [2.24, 2.45) is 0 Å². The van der Waals surface area contributed by atoms with E-state index in [1.165, 1.54) is 47.6 Å². The fraction of sp³-hybridized carbons (Fsp3) is 0.0909. The van der Waals surface area contributed by atoms with Crippen molar-refractivity contribution in [3.8, 4) is 0 Å². The normalized spacial score (nSPS) is 17.8. The molecule has 9 heteroatoms. The van der Waals surface area contributed by atoms with Gasteiger partial charge in [-0.2, -0.15) is 0 Å². The molecule has 0 bridgehead atoms. The van der Waals surface area contributed by atoms with Crippen LogP contribution < -0.4 is 0 Å². The van der Waals surface area contributed by atoms with Gasteiger partial charge >= 0.3 is 0 Å². The molecule has 3 aromatic rings. The number of ketones is 1. The molecular weight excluding hydrogens is 424 g/mol. The number of Topliss-reactive ketones (excluding diaryl/α,β-unsaturated/α-hetero) is 1. The number of likely N-dealkylation sites (tertiary alicyclic amines) is 1. The molecule has 0 aliphatic carbocycles. The summed E-state index contributed by atoms with van der Waals surface area (Å²) in [5, 5.41) is 22.4. The minimum Gasteiger partial charge on any atom is -0.507 e. The first-order valence-corrected chi connectivity index (χ1v) is 9.55. The Morgan fingerprint density at radius 3 is 2.35 bits per heavy atom. The summed E-state index contributed by atoms with van der Waals surface area (Å²) in [5.41, 5.74) is 0.497. The molecule has 1 saturated heterocycles. The van der Waals surface area contributed by atoms with Crippen molar-refractivity contribution in [1.29, 1.82) is 0 Å². The van der Waals surface area contributed by atoms with E-state index < -0.39 is 22.7 Å². The molecule has 1 aliphatic heterocycles. The maximum Gasteiger partial charge on any atom is 0.296 e. The van der Waals surface area contributed by atoms with E-state index in [1.54, 1.807) is 24.3 Å². The Labute approximate surface area is 181 Å². The van der Waals surface area contributed by atoms with Crippen LogP contribution in [0.1, 0.15) is 22.9 Å². The number of aliphatic hydroxyl groups is 1. The maximum atomic E-state index is 12.9. The fourth-order valence-corrected chi connectivity index (χ4v) is 3.63. The molecular formula is C22H15ClN2O6. The lowest BCUT2D eigenvalue weighted by molar-refractivity contribution is -0.384. The molecule has 0 radical (unpaired) electrons. The maximum absolute atomic E-state index is 12.9. The van der Waals surface area contributed by atoms with Gasteiger partial charge in [0.15, 0.2) is 0 Å². The molecule has 156 valence electrons. The molecule has 4 rings (SSSR count). The number of benzene rings is 2. The second kappa shape index (κ2) is 8.08. The molecule has 2 heterocycles. The Hall–Kier alpha value is -3.91. The molecule has 8 nitrogen and oxygen atoms in total. The van der Waals surface area contributed by atoms with E-state index in [9.17, 15) is 24.8 Å². The molecule has 1 amide bonds. The van der Waals surface area contributed by atoms with Crippen molar-refractivity contribution in [2.45, 2.75) is 12.6 Å². The van der Waals surface area contributed by atoms with Gasteiger partial charge < -0.3 is 14.4 Å². The van der Waals surface area contributed by atoms with Crippen LogP contribution in [0.5, 0.6) is 0 Å². The number of rotatable bonds is 5. The summed E-state index contributed by atoms with van der Waals surface area (Å²) >= 11 is 5.90. The van der Waals surface area contributed by atoms with Gasteiger partial charge in [0.25, 0.3) is 17.4 Å². The van der Waals surface area contributed by atoms with Crippen LogP contribution in [0.3, 0.4) is 0 Å². The van der Waals surface area contributed by atoms with Gasteiger partial charge in [-0.1, -0.05) is 11.6 Å². The van der Waals surface area contributed by atoms with Crippen LogP contribution in [0, 0.1) is 10.1 Å². The van der Waals surface area contributed by atoms with Crippen molar-refractivity contribution in [3.63, 3.8) is 0 Å². The Balaban J connectivity index is 1.85. The second-order valence-electron chi connectivity index (χ2n) is 6.86. The van der Waals surface area contributed by atoms with Crippen LogP contribution in [0.15, 0.2) is 76.9 Å². The molecule has 1 fully saturated rings. The fourth-order valence-electron chi connectivity index (χ4n) is 3.50. The van der Waals surface area contributed by atoms with Gasteiger partial charge in [0, 0.05) is 22.7 Å². The number of aliphatic hydroxyl groups excluding tert-OH is 1. The first-order valence-electron chi connectivity index (χ1n) is 9.18. The van der Waals surface area contributed by atoms with E-state index in [0.717, 1.165) is 0 Å². The lowest BCUT2D eigenvalue weighted by atomic mass is 9.95. The number of hydrogen-bond donors (Lipinski definition) is 1. The Morgan fingerprint density at radius 1 is 1.10 bits per heavy atom. The minimum atomic E-state index is -0.957. The number of halogens is 1. The first-order chi connectivity index (χ1) is 14.9. The highest BCUT2D eigenvalue weighted by Gasteiger charge is 2.46. The number of furan rings is 1. The summed E-state index contributed by atoms with van der Waals surface area (Å²) in [6.07, 6.45) is 1.44. The average molecular weight is 439 g/mol. The summed E-state index contributed by atoms with van der Waals surface area (Å²) in [6, 6.07) is 14.0. The SMILES string of the molecule is O=C1C(=O)N(Cc2ccco2)C(c2ccc([N+](=O)[O-])cc2)C1=C(O)c1ccc(Cl)cc1. The summed E-state index contributed by atoms with van der Waals surface area (Å²) in [7, 11) is 0. The van der Waals surface area contributed by atoms with E-state index in [-0.39, 0.29) is 23.6 Å². The van der Waals surface area contributed by atoms with Crippen molar-refractivity contribution >= 4 is 34.7 Å². The molecule has 0 saturated carbocycles. The quantitative estimate of drug-likeness (QED) is 0.207. The molecule has 1 N–H and O–H groups in total. The molecule has 1 unspecified atom stereocenters. The smallest absolute Gasteiger partial charge is 0.296 e. The van der Waals surface area contributed by atoms with Crippen molar-refractivity contribution in [1.82, 2.24) is 4.90 Å². The van der Waals surface area contributed by atoms with Gasteiger partial charge in [-0.05, 0) is 54.1 Å². The topological polar surface area (TPSA) is 114 Å². The number of hydrogen-bond acceptors (Lipinski definition) is 6. The molecule has 1 atom stereocenters. The highest BCUT2D eigenvalue weighted by atomic mass is 35.5. The van der Waals surface area contributed by atoms with E-state index in [0.29, 0.717) is 21.9 Å². The lowest BCUT2D eigenvalue weighted by Gasteiger charge is -2.24. The minimum absolute atomic E-state index is 0.0172. The van der Waals surface area contributed by atoms with Gasteiger partial charge in [-0.25, -0.2) is 0 Å². The zero-order chi connectivity index (χ0) is 22.1. The first kappa shape index (κ1) is 20.4. The van der Waals surface area contributed by atoms with Crippen LogP contribution in [0.2, 0.25) is 5.02 Å². The summed E-state index contributed by atoms with van der Waals surface area (Å²) in [6.45, 7) is -0.0172. The van der Waals surface area contributed by atoms with Gasteiger partial charge in [0.05, 0.1) is 29.3 Å². The largest absolute Gasteiger partial charge is 0.507 e. The van der Waals surface area contributed by atoms with Gasteiger partial charge in [-0.3, -0.25) is 19.7 Å². The molecule has 31 heavy (non-hydrogen) atoms. The molecule has 1 aromatic heterocycles. The van der Waals surface area contributed by atoms with E-state index in [1.807, 2.05) is 0 Å². The van der Waals surface area contributed by atoms with Crippen LogP contribution in [-0.4, -0.2) is 26.6 Å². The van der Waals surface area contributed by atoms with Crippen LogP contribution in [-0.2, 0) is 16.1 Å². The summed E-state index contributed by atoms with van der Waals surface area (Å²) in [5.74, 6) is -1.58. The van der Waals surface area contributed by atoms with Crippen LogP contribution in [0.25, 0.3) is 5.76 Å². The number of carbonyl (C=O) groups excluding carboxylic acids is 2. The van der Waals surface area contributed by atoms with Gasteiger partial charge in [0.2, 0.25) is 0 Å². The summed E-state index contributed by atoms with van der Waals surface area (Å²) in [4.78, 5) is 37.5. The zero-order valence-corrected chi connectivity index (χ0v) is 16.7. The highest BCUT2D eigenvalue weighted by molar-refractivity contribution is 6.46. The van der Waals surface area contributed by atoms with Crippen LogP contribution >= 0.6 is 11.6 Å². The number of carbonyl (C=O) groups is 2. The third kappa shape index (κ3) is 3.80. The third-order valence-corrected chi connectivity index (χ3v) is 5.24. The number of non-ortho nitro benzene ring substituents is 1. The predicted octanol–water partition coefficient (Wildman–Crippen LogP) is 4.46. The zero-order valence-electron chi connectivity index (χ0n) is 15.9. The third-order valence-electron chi connectivity index (χ3n) is 4.98. The van der Waals surface area contributed by atoms with E-state index in [4.69, 9.17) is 16.0 Å². The number of nitro groups is 1. The van der Waals surface area contributed by atoms with Crippen LogP contribution in [0.4, 0.5) is 5.69 Å². The number of amides is 1. The van der Waals surface area contributed by atoms with E-state index >= 15 is 0 Å². The Kier molecular flexibility index (Phi) is 5.31. The number of nitro benzene ring substituents is 1. The summed E-state index contributed by atoms with van der Waals surface area (Å²) < 4.78 is 5.32. The van der Waals surface area contributed by atoms with E-state index in [2.05, 4.69) is 0 Å². The Bertz CT molecular complexity index is 1180. The lowest BCUT2D eigenvalue weighted by Crippen LogP contribution is -2.29. The molecule has 1 aliphatic rings. The Morgan fingerprint density at radius 2 is 1.77 bits per heavy atom. The highest BCUT2D eigenvalue weighted by Crippen LogP contribution is 2.40. The van der Waals surface area contributed by atoms with Crippen molar-refractivity contribution in [2.75, 3.05) is 0 Å². The number of nitrogens with zero attached hydrogens (tertiary/aromatic N) is 2. The van der Waals surface area contributed by atoms with Gasteiger partial charge in [-0.15, -0.1) is 0 Å².